The maximum absolute atomic E-state index is 12.3. The Balaban J connectivity index is 2.82. The number of hydrogen-bond acceptors (Lipinski definition) is 3. The molecule has 1 unspecified atom stereocenters. The van der Waals surface area contributed by atoms with Crippen molar-refractivity contribution in [1.82, 2.24) is 0 Å². The third-order valence-electron chi connectivity index (χ3n) is 2.13. The van der Waals surface area contributed by atoms with Gasteiger partial charge in [-0.3, -0.25) is 0 Å². The van der Waals surface area contributed by atoms with E-state index in [1.807, 2.05) is 0 Å². The Morgan fingerprint density at radius 3 is 2.11 bits per heavy atom. The van der Waals surface area contributed by atoms with E-state index in [2.05, 4.69) is 0 Å². The van der Waals surface area contributed by atoms with Crippen LogP contribution in [-0.2, 0) is 15.7 Å². The van der Waals surface area contributed by atoms with Gasteiger partial charge in [0.05, 0.1) is 11.7 Å². The highest BCUT2D eigenvalue weighted by molar-refractivity contribution is 5.76. The first-order valence-electron chi connectivity index (χ1n) is 5.27. The van der Waals surface area contributed by atoms with Gasteiger partial charge >= 0.3 is 12.1 Å². The number of rotatable bonds is 3. The average molecular weight is 262 g/mol. The lowest BCUT2D eigenvalue weighted by Gasteiger charge is -2.14. The molecule has 0 amide bonds. The first-order valence-corrected chi connectivity index (χ1v) is 5.27. The zero-order valence-electron chi connectivity index (χ0n) is 9.86. The van der Waals surface area contributed by atoms with Crippen LogP contribution in [0.15, 0.2) is 24.3 Å². The number of hydrogen-bond donors (Lipinski definition) is 1. The molecule has 0 heterocycles. The molecular weight excluding hydrogens is 249 g/mol. The van der Waals surface area contributed by atoms with Crippen LogP contribution in [0.1, 0.15) is 31.1 Å². The lowest BCUT2D eigenvalue weighted by atomic mass is 10.1. The molecule has 0 bridgehead atoms. The van der Waals surface area contributed by atoms with Gasteiger partial charge in [0.2, 0.25) is 0 Å². The van der Waals surface area contributed by atoms with Crippen molar-refractivity contribution in [2.45, 2.75) is 32.2 Å². The Kier molecular flexibility index (Phi) is 4.34. The number of halogens is 3. The van der Waals surface area contributed by atoms with Crippen LogP contribution >= 0.6 is 0 Å². The topological polar surface area (TPSA) is 46.5 Å². The SMILES string of the molecule is CC(C)OC(=O)C(O)c1ccc(C(F)(F)F)cc1. The molecule has 0 aromatic heterocycles. The van der Waals surface area contributed by atoms with Gasteiger partial charge in [-0.25, -0.2) is 4.79 Å². The average Bonchev–Trinajstić information content (AvgIpc) is 2.26. The molecule has 0 aliphatic carbocycles. The number of esters is 1. The standard InChI is InChI=1S/C12H13F3O3/c1-7(2)18-11(17)10(16)8-3-5-9(6-4-8)12(13,14)15/h3-7,10,16H,1-2H3. The molecule has 0 spiro atoms. The highest BCUT2D eigenvalue weighted by Crippen LogP contribution is 2.30. The van der Waals surface area contributed by atoms with Crippen LogP contribution in [0.5, 0.6) is 0 Å². The van der Waals surface area contributed by atoms with Gasteiger partial charge in [0.15, 0.2) is 6.10 Å². The van der Waals surface area contributed by atoms with E-state index >= 15 is 0 Å². The molecule has 0 saturated heterocycles. The van der Waals surface area contributed by atoms with E-state index in [9.17, 15) is 23.1 Å². The summed E-state index contributed by atoms with van der Waals surface area (Å²) in [7, 11) is 0. The van der Waals surface area contributed by atoms with E-state index in [0.29, 0.717) is 0 Å². The predicted molar refractivity (Wildman–Crippen MR) is 57.6 cm³/mol. The van der Waals surface area contributed by atoms with Gasteiger partial charge in [-0.2, -0.15) is 13.2 Å². The summed E-state index contributed by atoms with van der Waals surface area (Å²) in [5.41, 5.74) is -0.774. The van der Waals surface area contributed by atoms with E-state index in [-0.39, 0.29) is 5.56 Å². The number of aliphatic hydroxyl groups is 1. The molecule has 18 heavy (non-hydrogen) atoms. The normalized spacial score (nSPS) is 13.5. The summed E-state index contributed by atoms with van der Waals surface area (Å²) in [5.74, 6) is -0.884. The van der Waals surface area contributed by atoms with Crippen molar-refractivity contribution in [3.8, 4) is 0 Å². The fraction of sp³-hybridized carbons (Fsp3) is 0.417. The zero-order valence-corrected chi connectivity index (χ0v) is 9.86. The van der Waals surface area contributed by atoms with Gasteiger partial charge in [-0.1, -0.05) is 12.1 Å². The smallest absolute Gasteiger partial charge is 0.416 e. The van der Waals surface area contributed by atoms with Crippen molar-refractivity contribution in [3.63, 3.8) is 0 Å². The highest BCUT2D eigenvalue weighted by Gasteiger charge is 2.30. The van der Waals surface area contributed by atoms with Gasteiger partial charge in [0, 0.05) is 0 Å². The summed E-state index contributed by atoms with van der Waals surface area (Å²) < 4.78 is 41.6. The van der Waals surface area contributed by atoms with Gasteiger partial charge < -0.3 is 9.84 Å². The third kappa shape index (κ3) is 3.73. The Labute approximate surface area is 102 Å². The first kappa shape index (κ1) is 14.5. The Morgan fingerprint density at radius 2 is 1.72 bits per heavy atom. The molecule has 1 atom stereocenters. The third-order valence-corrected chi connectivity index (χ3v) is 2.13. The van der Waals surface area contributed by atoms with Crippen molar-refractivity contribution in [3.05, 3.63) is 35.4 Å². The molecule has 0 radical (unpaired) electrons. The lowest BCUT2D eigenvalue weighted by molar-refractivity contribution is -0.157. The summed E-state index contributed by atoms with van der Waals surface area (Å²) in [4.78, 5) is 11.3. The minimum Gasteiger partial charge on any atom is -0.461 e. The van der Waals surface area contributed by atoms with Gasteiger partial charge in [0.25, 0.3) is 0 Å². The summed E-state index contributed by atoms with van der Waals surface area (Å²) in [6.45, 7) is 3.22. The molecule has 100 valence electrons. The summed E-state index contributed by atoms with van der Waals surface area (Å²) in [6.07, 6.45) is -6.42. The fourth-order valence-electron chi connectivity index (χ4n) is 1.29. The van der Waals surface area contributed by atoms with E-state index in [4.69, 9.17) is 4.74 Å². The second-order valence-electron chi connectivity index (χ2n) is 4.01. The summed E-state index contributed by atoms with van der Waals surface area (Å²) >= 11 is 0. The molecule has 6 heteroatoms. The van der Waals surface area contributed by atoms with Crippen LogP contribution in [0.4, 0.5) is 13.2 Å². The second kappa shape index (κ2) is 5.39. The minimum atomic E-state index is -4.44. The Bertz CT molecular complexity index is 410. The first-order chi connectivity index (χ1) is 8.21. The lowest BCUT2D eigenvalue weighted by Crippen LogP contribution is -2.19. The molecule has 0 aliphatic heterocycles. The molecule has 3 nitrogen and oxygen atoms in total. The summed E-state index contributed by atoms with van der Waals surface area (Å²) in [5, 5.41) is 9.58. The van der Waals surface area contributed by atoms with Crippen molar-refractivity contribution in [2.24, 2.45) is 0 Å². The molecular formula is C12H13F3O3. The van der Waals surface area contributed by atoms with Gasteiger partial charge in [-0.05, 0) is 31.5 Å². The highest BCUT2D eigenvalue weighted by atomic mass is 19.4. The molecule has 1 aromatic carbocycles. The minimum absolute atomic E-state index is 0.0636. The van der Waals surface area contributed by atoms with Crippen LogP contribution in [0, 0.1) is 0 Å². The number of aliphatic hydroxyl groups excluding tert-OH is 1. The number of carbonyl (C=O) groups is 1. The number of carbonyl (C=O) groups excluding carboxylic acids is 1. The zero-order chi connectivity index (χ0) is 13.9. The number of ether oxygens (including phenoxy) is 1. The van der Waals surface area contributed by atoms with Gasteiger partial charge in [0.1, 0.15) is 0 Å². The number of alkyl halides is 3. The van der Waals surface area contributed by atoms with E-state index in [1.165, 1.54) is 0 Å². The quantitative estimate of drug-likeness (QED) is 0.852. The Hall–Kier alpha value is -1.56. The van der Waals surface area contributed by atoms with Crippen LogP contribution < -0.4 is 0 Å². The van der Waals surface area contributed by atoms with Crippen molar-refractivity contribution < 1.29 is 27.8 Å². The van der Waals surface area contributed by atoms with Crippen molar-refractivity contribution in [2.75, 3.05) is 0 Å². The molecule has 0 fully saturated rings. The molecule has 0 saturated carbocycles. The van der Waals surface area contributed by atoms with Gasteiger partial charge in [-0.15, -0.1) is 0 Å². The maximum atomic E-state index is 12.3. The monoisotopic (exact) mass is 262 g/mol. The van der Waals surface area contributed by atoms with E-state index < -0.39 is 29.9 Å². The largest absolute Gasteiger partial charge is 0.461 e. The van der Waals surface area contributed by atoms with Crippen LogP contribution in [0.3, 0.4) is 0 Å². The molecule has 1 aromatic rings. The maximum Gasteiger partial charge on any atom is 0.416 e. The Morgan fingerprint density at radius 1 is 1.22 bits per heavy atom. The molecule has 1 rings (SSSR count). The van der Waals surface area contributed by atoms with Crippen molar-refractivity contribution >= 4 is 5.97 Å². The summed E-state index contributed by atoms with van der Waals surface area (Å²) in [6, 6.07) is 3.71. The van der Waals surface area contributed by atoms with Crippen LogP contribution in [-0.4, -0.2) is 17.2 Å². The molecule has 0 aliphatic rings. The predicted octanol–water partition coefficient (Wildman–Crippen LogP) is 2.69. The van der Waals surface area contributed by atoms with E-state index in [1.54, 1.807) is 13.8 Å². The van der Waals surface area contributed by atoms with Crippen LogP contribution in [0.2, 0.25) is 0 Å². The fourth-order valence-corrected chi connectivity index (χ4v) is 1.29. The molecule has 1 N–H and O–H groups in total. The second-order valence-corrected chi connectivity index (χ2v) is 4.01. The van der Waals surface area contributed by atoms with Crippen molar-refractivity contribution in [1.29, 1.82) is 0 Å². The number of benzene rings is 1. The van der Waals surface area contributed by atoms with Crippen LogP contribution in [0.25, 0.3) is 0 Å². The van der Waals surface area contributed by atoms with E-state index in [0.717, 1.165) is 24.3 Å².